The third-order valence-corrected chi connectivity index (χ3v) is 4.78. The van der Waals surface area contributed by atoms with Gasteiger partial charge in [-0.3, -0.25) is 9.59 Å². The van der Waals surface area contributed by atoms with Crippen molar-refractivity contribution in [1.82, 2.24) is 5.32 Å². The summed E-state index contributed by atoms with van der Waals surface area (Å²) in [5, 5.41) is 2.93. The molecule has 1 fully saturated rings. The summed E-state index contributed by atoms with van der Waals surface area (Å²) in [5.41, 5.74) is 2.81. The van der Waals surface area contributed by atoms with E-state index in [4.69, 9.17) is 9.47 Å². The van der Waals surface area contributed by atoms with Crippen molar-refractivity contribution < 1.29 is 19.1 Å². The number of nitrogens with one attached hydrogen (secondary N) is 1. The molecule has 0 unspecified atom stereocenters. The third-order valence-electron chi connectivity index (χ3n) is 4.78. The highest BCUT2D eigenvalue weighted by Crippen LogP contribution is 2.30. The molecule has 0 aromatic heterocycles. The van der Waals surface area contributed by atoms with Gasteiger partial charge in [-0.15, -0.1) is 0 Å². The van der Waals surface area contributed by atoms with Crippen molar-refractivity contribution in [1.29, 1.82) is 0 Å². The molecule has 2 aromatic carbocycles. The fraction of sp³-hybridized carbons (Fsp3) is 0.333. The fourth-order valence-corrected chi connectivity index (χ4v) is 3.36. The lowest BCUT2D eigenvalue weighted by Crippen LogP contribution is -2.25. The molecular weight excluding hydrogens is 344 g/mol. The predicted octanol–water partition coefficient (Wildman–Crippen LogP) is 2.44. The van der Waals surface area contributed by atoms with Crippen LogP contribution in [0.2, 0.25) is 0 Å². The van der Waals surface area contributed by atoms with Crippen LogP contribution in [0.4, 0.5) is 5.69 Å². The van der Waals surface area contributed by atoms with E-state index in [1.54, 1.807) is 0 Å². The lowest BCUT2D eigenvalue weighted by Gasteiger charge is -2.18. The first-order chi connectivity index (χ1) is 13.2. The SMILES string of the molecule is O=C(Cc1ccc2c(c1)OCCO2)NCc1ccc(N2CCCC2=O)cc1. The van der Waals surface area contributed by atoms with Gasteiger partial charge in [-0.2, -0.15) is 0 Å². The molecule has 1 N–H and O–H groups in total. The van der Waals surface area contributed by atoms with Crippen LogP contribution in [0, 0.1) is 0 Å². The molecule has 1 saturated heterocycles. The van der Waals surface area contributed by atoms with Gasteiger partial charge < -0.3 is 19.7 Å². The fourth-order valence-electron chi connectivity index (χ4n) is 3.36. The molecule has 0 bridgehead atoms. The Hall–Kier alpha value is -3.02. The molecule has 6 nitrogen and oxygen atoms in total. The quantitative estimate of drug-likeness (QED) is 0.883. The molecule has 0 spiro atoms. The van der Waals surface area contributed by atoms with Crippen molar-refractivity contribution in [3.05, 3.63) is 53.6 Å². The molecule has 4 rings (SSSR count). The smallest absolute Gasteiger partial charge is 0.227 e. The van der Waals surface area contributed by atoms with Crippen LogP contribution >= 0.6 is 0 Å². The Morgan fingerprint density at radius 2 is 1.74 bits per heavy atom. The van der Waals surface area contributed by atoms with Gasteiger partial charge >= 0.3 is 0 Å². The Morgan fingerprint density at radius 1 is 1.00 bits per heavy atom. The Labute approximate surface area is 158 Å². The van der Waals surface area contributed by atoms with E-state index in [9.17, 15) is 9.59 Å². The highest BCUT2D eigenvalue weighted by atomic mass is 16.6. The van der Waals surface area contributed by atoms with Gasteiger partial charge in [-0.1, -0.05) is 18.2 Å². The molecule has 2 aliphatic rings. The summed E-state index contributed by atoms with van der Waals surface area (Å²) in [6, 6.07) is 13.4. The first-order valence-corrected chi connectivity index (χ1v) is 9.23. The number of carbonyl (C=O) groups excluding carboxylic acids is 2. The van der Waals surface area contributed by atoms with Crippen LogP contribution in [0.15, 0.2) is 42.5 Å². The average Bonchev–Trinajstić information content (AvgIpc) is 3.12. The van der Waals surface area contributed by atoms with Crippen molar-refractivity contribution in [2.75, 3.05) is 24.7 Å². The molecule has 0 radical (unpaired) electrons. The van der Waals surface area contributed by atoms with Crippen molar-refractivity contribution in [3.63, 3.8) is 0 Å². The summed E-state index contributed by atoms with van der Waals surface area (Å²) in [7, 11) is 0. The second kappa shape index (κ2) is 7.70. The van der Waals surface area contributed by atoms with Crippen molar-refractivity contribution >= 4 is 17.5 Å². The third kappa shape index (κ3) is 4.05. The molecule has 2 amide bonds. The number of rotatable bonds is 5. The lowest BCUT2D eigenvalue weighted by atomic mass is 10.1. The molecule has 2 aromatic rings. The molecule has 0 atom stereocenters. The highest BCUT2D eigenvalue weighted by molar-refractivity contribution is 5.95. The normalized spacial score (nSPS) is 15.7. The van der Waals surface area contributed by atoms with E-state index < -0.39 is 0 Å². The van der Waals surface area contributed by atoms with Gasteiger partial charge in [0, 0.05) is 25.2 Å². The van der Waals surface area contributed by atoms with Crippen molar-refractivity contribution in [2.45, 2.75) is 25.8 Å². The minimum atomic E-state index is -0.0505. The molecule has 0 saturated carbocycles. The van der Waals surface area contributed by atoms with Gasteiger partial charge in [0.2, 0.25) is 11.8 Å². The first kappa shape index (κ1) is 17.4. The van der Waals surface area contributed by atoms with Gasteiger partial charge in [-0.25, -0.2) is 0 Å². The number of hydrogen-bond donors (Lipinski definition) is 1. The Morgan fingerprint density at radius 3 is 2.48 bits per heavy atom. The van der Waals surface area contributed by atoms with Gasteiger partial charge in [0.1, 0.15) is 13.2 Å². The van der Waals surface area contributed by atoms with Crippen LogP contribution < -0.4 is 19.7 Å². The standard InChI is InChI=1S/C21H22N2O4/c24-20(13-16-5-8-18-19(12-16)27-11-10-26-18)22-14-15-3-6-17(7-4-15)23-9-1-2-21(23)25/h3-8,12H,1-2,9-11,13-14H2,(H,22,24). The Kier molecular flexibility index (Phi) is 4.96. The van der Waals surface area contributed by atoms with Gasteiger partial charge in [0.05, 0.1) is 6.42 Å². The summed E-state index contributed by atoms with van der Waals surface area (Å²) in [4.78, 5) is 25.8. The number of carbonyl (C=O) groups is 2. The van der Waals surface area contributed by atoms with Crippen LogP contribution in [-0.4, -0.2) is 31.6 Å². The van der Waals surface area contributed by atoms with Gasteiger partial charge in [-0.05, 0) is 41.8 Å². The number of nitrogens with zero attached hydrogens (tertiary/aromatic N) is 1. The maximum Gasteiger partial charge on any atom is 0.227 e. The summed E-state index contributed by atoms with van der Waals surface area (Å²) in [5.74, 6) is 1.54. The van der Waals surface area contributed by atoms with Crippen LogP contribution in [0.25, 0.3) is 0 Å². The van der Waals surface area contributed by atoms with E-state index in [2.05, 4.69) is 5.32 Å². The van der Waals surface area contributed by atoms with E-state index in [0.717, 1.165) is 35.5 Å². The topological polar surface area (TPSA) is 67.9 Å². The maximum atomic E-state index is 12.2. The molecule has 0 aliphatic carbocycles. The average molecular weight is 366 g/mol. The highest BCUT2D eigenvalue weighted by Gasteiger charge is 2.21. The number of hydrogen-bond acceptors (Lipinski definition) is 4. The summed E-state index contributed by atoms with van der Waals surface area (Å²) in [6.07, 6.45) is 1.82. The molecule has 2 heterocycles. The molecular formula is C21H22N2O4. The van der Waals surface area contributed by atoms with E-state index in [0.29, 0.717) is 31.9 Å². The van der Waals surface area contributed by atoms with Crippen LogP contribution in [-0.2, 0) is 22.6 Å². The van der Waals surface area contributed by atoms with Crippen LogP contribution in [0.3, 0.4) is 0 Å². The van der Waals surface area contributed by atoms with Crippen molar-refractivity contribution in [3.8, 4) is 11.5 Å². The second-order valence-corrected chi connectivity index (χ2v) is 6.75. The van der Waals surface area contributed by atoms with Crippen molar-refractivity contribution in [2.24, 2.45) is 0 Å². The Bertz CT molecular complexity index is 848. The predicted molar refractivity (Wildman–Crippen MR) is 101 cm³/mol. The summed E-state index contributed by atoms with van der Waals surface area (Å²) < 4.78 is 11.0. The van der Waals surface area contributed by atoms with Crippen LogP contribution in [0.5, 0.6) is 11.5 Å². The minimum absolute atomic E-state index is 0.0505. The zero-order valence-corrected chi connectivity index (χ0v) is 15.1. The zero-order chi connectivity index (χ0) is 18.6. The number of amides is 2. The van der Waals surface area contributed by atoms with Gasteiger partial charge in [0.25, 0.3) is 0 Å². The molecule has 27 heavy (non-hydrogen) atoms. The summed E-state index contributed by atoms with van der Waals surface area (Å²) in [6.45, 7) is 2.32. The van der Waals surface area contributed by atoms with Crippen LogP contribution in [0.1, 0.15) is 24.0 Å². The second-order valence-electron chi connectivity index (χ2n) is 6.75. The monoisotopic (exact) mass is 366 g/mol. The molecule has 140 valence electrons. The van der Waals surface area contributed by atoms with E-state index in [-0.39, 0.29) is 18.2 Å². The first-order valence-electron chi connectivity index (χ1n) is 9.23. The number of benzene rings is 2. The number of fused-ring (bicyclic) bond motifs is 1. The summed E-state index contributed by atoms with van der Waals surface area (Å²) >= 11 is 0. The Balaban J connectivity index is 1.31. The largest absolute Gasteiger partial charge is 0.486 e. The van der Waals surface area contributed by atoms with Gasteiger partial charge in [0.15, 0.2) is 11.5 Å². The maximum absolute atomic E-state index is 12.2. The number of anilines is 1. The lowest BCUT2D eigenvalue weighted by molar-refractivity contribution is -0.120. The van der Waals surface area contributed by atoms with E-state index >= 15 is 0 Å². The van der Waals surface area contributed by atoms with E-state index in [1.165, 1.54) is 0 Å². The van der Waals surface area contributed by atoms with E-state index in [1.807, 2.05) is 47.4 Å². The molecule has 2 aliphatic heterocycles. The minimum Gasteiger partial charge on any atom is -0.486 e. The number of ether oxygens (including phenoxy) is 2. The zero-order valence-electron chi connectivity index (χ0n) is 15.1. The molecule has 6 heteroatoms.